The van der Waals surface area contributed by atoms with E-state index in [1.54, 1.807) is 0 Å². The quantitative estimate of drug-likeness (QED) is 0.534. The molecule has 0 bridgehead atoms. The lowest BCUT2D eigenvalue weighted by molar-refractivity contribution is -0.385. The van der Waals surface area contributed by atoms with E-state index in [1.807, 2.05) is 0 Å². The van der Waals surface area contributed by atoms with Crippen LogP contribution in [-0.2, 0) is 6.54 Å². The average molecular weight is 280 g/mol. The van der Waals surface area contributed by atoms with Gasteiger partial charge in [-0.15, -0.1) is 0 Å². The third-order valence-corrected chi connectivity index (χ3v) is 3.59. The summed E-state index contributed by atoms with van der Waals surface area (Å²) in [5, 5.41) is 32.9. The van der Waals surface area contributed by atoms with Crippen molar-refractivity contribution in [2.24, 2.45) is 0 Å². The van der Waals surface area contributed by atoms with Crippen LogP contribution in [0.4, 0.5) is 5.69 Å². The van der Waals surface area contributed by atoms with Gasteiger partial charge in [0.25, 0.3) is 5.69 Å². The number of aliphatic hydroxyl groups is 1. The van der Waals surface area contributed by atoms with Gasteiger partial charge in [-0.25, -0.2) is 4.79 Å². The van der Waals surface area contributed by atoms with Crippen LogP contribution in [0.15, 0.2) is 18.2 Å². The lowest BCUT2D eigenvalue weighted by atomic mass is 9.80. The van der Waals surface area contributed by atoms with Crippen LogP contribution in [-0.4, -0.2) is 33.3 Å². The van der Waals surface area contributed by atoms with Crippen LogP contribution in [0.5, 0.6) is 0 Å². The number of carboxylic acids is 1. The predicted octanol–water partition coefficient (Wildman–Crippen LogP) is 1.30. The normalized spacial score (nSPS) is 16.4. The number of hydrogen-bond acceptors (Lipinski definition) is 5. The molecule has 7 heteroatoms. The first kappa shape index (κ1) is 14.4. The van der Waals surface area contributed by atoms with Gasteiger partial charge in [0.1, 0.15) is 5.56 Å². The van der Waals surface area contributed by atoms with Gasteiger partial charge >= 0.3 is 5.97 Å². The molecule has 0 saturated heterocycles. The van der Waals surface area contributed by atoms with Crippen LogP contribution < -0.4 is 5.32 Å². The highest BCUT2D eigenvalue weighted by Gasteiger charge is 2.33. The molecule has 0 amide bonds. The topological polar surface area (TPSA) is 113 Å². The molecular formula is C13H16N2O5. The fraction of sp³-hybridized carbons (Fsp3) is 0.462. The Labute approximate surface area is 115 Å². The van der Waals surface area contributed by atoms with Crippen LogP contribution in [0, 0.1) is 10.1 Å². The first-order chi connectivity index (χ1) is 9.43. The Morgan fingerprint density at radius 3 is 2.65 bits per heavy atom. The van der Waals surface area contributed by atoms with Crippen LogP contribution in [0.2, 0.25) is 0 Å². The fourth-order valence-electron chi connectivity index (χ4n) is 2.32. The van der Waals surface area contributed by atoms with Gasteiger partial charge in [-0.1, -0.05) is 12.1 Å². The number of benzene rings is 1. The maximum atomic E-state index is 11.2. The number of aromatic carboxylic acids is 1. The Morgan fingerprint density at radius 2 is 2.15 bits per heavy atom. The lowest BCUT2D eigenvalue weighted by Gasteiger charge is -2.36. The monoisotopic (exact) mass is 280 g/mol. The first-order valence-corrected chi connectivity index (χ1v) is 6.36. The zero-order valence-corrected chi connectivity index (χ0v) is 10.8. The average Bonchev–Trinajstić information content (AvgIpc) is 2.36. The minimum atomic E-state index is -1.32. The smallest absolute Gasteiger partial charge is 0.343 e. The molecule has 1 fully saturated rings. The third-order valence-electron chi connectivity index (χ3n) is 3.59. The van der Waals surface area contributed by atoms with Gasteiger partial charge in [-0.05, 0) is 24.8 Å². The van der Waals surface area contributed by atoms with E-state index in [0.29, 0.717) is 12.1 Å². The zero-order valence-electron chi connectivity index (χ0n) is 10.8. The Kier molecular flexibility index (Phi) is 4.01. The molecule has 20 heavy (non-hydrogen) atoms. The maximum Gasteiger partial charge on any atom is 0.343 e. The van der Waals surface area contributed by atoms with Crippen LogP contribution in [0.25, 0.3) is 0 Å². The second-order valence-corrected chi connectivity index (χ2v) is 5.05. The van der Waals surface area contributed by atoms with Gasteiger partial charge in [-0.3, -0.25) is 10.1 Å². The summed E-state index contributed by atoms with van der Waals surface area (Å²) in [7, 11) is 0. The molecule has 0 heterocycles. The molecule has 1 aliphatic rings. The molecular weight excluding hydrogens is 264 g/mol. The standard InChI is InChI=1S/C13H16N2O5/c16-12(17)11-9(3-1-4-10(11)15(19)20)7-14-8-13(18)5-2-6-13/h1,3-4,14,18H,2,5-8H2,(H,16,17). The van der Waals surface area contributed by atoms with Gasteiger partial charge in [0.15, 0.2) is 0 Å². The molecule has 2 rings (SSSR count). The zero-order chi connectivity index (χ0) is 14.8. The molecule has 0 aliphatic heterocycles. The van der Waals surface area contributed by atoms with Gasteiger partial charge < -0.3 is 15.5 Å². The van der Waals surface area contributed by atoms with E-state index in [2.05, 4.69) is 5.32 Å². The second kappa shape index (κ2) is 5.56. The highest BCUT2D eigenvalue weighted by molar-refractivity contribution is 5.94. The molecule has 3 N–H and O–H groups in total. The molecule has 0 aromatic heterocycles. The number of rotatable bonds is 6. The summed E-state index contributed by atoms with van der Waals surface area (Å²) in [6, 6.07) is 4.17. The van der Waals surface area contributed by atoms with Crippen molar-refractivity contribution in [2.45, 2.75) is 31.4 Å². The van der Waals surface area contributed by atoms with E-state index in [0.717, 1.165) is 19.3 Å². The molecule has 108 valence electrons. The SMILES string of the molecule is O=C(O)c1c(CNCC2(O)CCC2)cccc1[N+](=O)[O-]. The molecule has 1 aromatic rings. The fourth-order valence-corrected chi connectivity index (χ4v) is 2.32. The summed E-state index contributed by atoms with van der Waals surface area (Å²) in [6.07, 6.45) is 2.43. The Hall–Kier alpha value is -1.99. The minimum absolute atomic E-state index is 0.172. The Bertz CT molecular complexity index is 540. The highest BCUT2D eigenvalue weighted by Crippen LogP contribution is 2.30. The van der Waals surface area contributed by atoms with Crippen molar-refractivity contribution >= 4 is 11.7 Å². The summed E-state index contributed by atoms with van der Waals surface area (Å²) >= 11 is 0. The van der Waals surface area contributed by atoms with E-state index in [1.165, 1.54) is 18.2 Å². The largest absolute Gasteiger partial charge is 0.477 e. The molecule has 0 radical (unpaired) electrons. The van der Waals surface area contributed by atoms with Gasteiger partial charge in [0.2, 0.25) is 0 Å². The van der Waals surface area contributed by atoms with Gasteiger partial charge in [0, 0.05) is 19.2 Å². The van der Waals surface area contributed by atoms with Crippen molar-refractivity contribution in [1.82, 2.24) is 5.32 Å². The second-order valence-electron chi connectivity index (χ2n) is 5.05. The Morgan fingerprint density at radius 1 is 1.45 bits per heavy atom. The van der Waals surface area contributed by atoms with Crippen molar-refractivity contribution < 1.29 is 19.9 Å². The lowest BCUT2D eigenvalue weighted by Crippen LogP contribution is -2.46. The highest BCUT2D eigenvalue weighted by atomic mass is 16.6. The number of carboxylic acid groups (broad SMARTS) is 1. The minimum Gasteiger partial charge on any atom is -0.477 e. The van der Waals surface area contributed by atoms with E-state index in [-0.39, 0.29) is 12.1 Å². The van der Waals surface area contributed by atoms with Crippen molar-refractivity contribution in [2.75, 3.05) is 6.54 Å². The molecule has 1 aromatic carbocycles. The summed E-state index contributed by atoms with van der Waals surface area (Å²) in [5.74, 6) is -1.32. The number of nitro groups is 1. The molecule has 0 unspecified atom stereocenters. The van der Waals surface area contributed by atoms with Gasteiger partial charge in [-0.2, -0.15) is 0 Å². The number of carbonyl (C=O) groups is 1. The molecule has 0 atom stereocenters. The molecule has 0 spiro atoms. The summed E-state index contributed by atoms with van der Waals surface area (Å²) in [4.78, 5) is 21.3. The molecule has 1 aliphatic carbocycles. The van der Waals surface area contributed by atoms with Crippen molar-refractivity contribution in [3.63, 3.8) is 0 Å². The predicted molar refractivity (Wildman–Crippen MR) is 70.6 cm³/mol. The van der Waals surface area contributed by atoms with Gasteiger partial charge in [0.05, 0.1) is 10.5 Å². The maximum absolute atomic E-state index is 11.2. The summed E-state index contributed by atoms with van der Waals surface area (Å²) < 4.78 is 0. The van der Waals surface area contributed by atoms with E-state index in [4.69, 9.17) is 5.11 Å². The number of nitro benzene ring substituents is 1. The molecule has 7 nitrogen and oxygen atoms in total. The first-order valence-electron chi connectivity index (χ1n) is 6.36. The third kappa shape index (κ3) is 2.94. The molecule has 1 saturated carbocycles. The number of nitrogens with one attached hydrogen (secondary N) is 1. The van der Waals surface area contributed by atoms with E-state index in [9.17, 15) is 20.0 Å². The van der Waals surface area contributed by atoms with Crippen molar-refractivity contribution in [3.8, 4) is 0 Å². The number of hydrogen-bond donors (Lipinski definition) is 3. The van der Waals surface area contributed by atoms with Crippen LogP contribution in [0.3, 0.4) is 0 Å². The van der Waals surface area contributed by atoms with E-state index < -0.39 is 22.2 Å². The summed E-state index contributed by atoms with van der Waals surface area (Å²) in [5.41, 5.74) is -1.09. The van der Waals surface area contributed by atoms with Crippen molar-refractivity contribution in [1.29, 1.82) is 0 Å². The Balaban J connectivity index is 2.12. The van der Waals surface area contributed by atoms with Crippen LogP contribution in [0.1, 0.15) is 35.2 Å². The van der Waals surface area contributed by atoms with Crippen LogP contribution >= 0.6 is 0 Å². The van der Waals surface area contributed by atoms with E-state index >= 15 is 0 Å². The summed E-state index contributed by atoms with van der Waals surface area (Å²) in [6.45, 7) is 0.528. The van der Waals surface area contributed by atoms with Crippen molar-refractivity contribution in [3.05, 3.63) is 39.4 Å². The number of nitrogens with zero attached hydrogens (tertiary/aromatic N) is 1.